The van der Waals surface area contributed by atoms with E-state index in [-0.39, 0.29) is 36.1 Å². The third kappa shape index (κ3) is 7.20. The number of nitrogens with two attached hydrogens (primary N) is 1. The van der Waals surface area contributed by atoms with E-state index in [0.29, 0.717) is 38.3 Å². The molecule has 1 saturated heterocycles. The van der Waals surface area contributed by atoms with Gasteiger partial charge in [0.15, 0.2) is 0 Å². The SMILES string of the molecule is CC(C)CC(N)C(=O)N1CCC(C(=O)NC(C(=O)O)C(C)C)CC1.Cl. The van der Waals surface area contributed by atoms with Gasteiger partial charge in [0, 0.05) is 19.0 Å². The van der Waals surface area contributed by atoms with Gasteiger partial charge in [0.1, 0.15) is 6.04 Å². The van der Waals surface area contributed by atoms with Gasteiger partial charge >= 0.3 is 5.97 Å². The number of carbonyl (C=O) groups excluding carboxylic acids is 2. The number of piperidine rings is 1. The molecular formula is C17H32ClN3O4. The Labute approximate surface area is 156 Å². The van der Waals surface area contributed by atoms with E-state index in [0.717, 1.165) is 0 Å². The van der Waals surface area contributed by atoms with Crippen molar-refractivity contribution in [1.82, 2.24) is 10.2 Å². The van der Waals surface area contributed by atoms with Crippen molar-refractivity contribution in [3.8, 4) is 0 Å². The summed E-state index contributed by atoms with van der Waals surface area (Å²) >= 11 is 0. The van der Waals surface area contributed by atoms with Crippen molar-refractivity contribution >= 4 is 30.2 Å². The Balaban J connectivity index is 0.00000576. The van der Waals surface area contributed by atoms with Gasteiger partial charge in [-0.3, -0.25) is 9.59 Å². The minimum absolute atomic E-state index is 0. The van der Waals surface area contributed by atoms with Gasteiger partial charge in [0.2, 0.25) is 11.8 Å². The maximum absolute atomic E-state index is 12.3. The van der Waals surface area contributed by atoms with Crippen LogP contribution in [0.5, 0.6) is 0 Å². The predicted molar refractivity (Wildman–Crippen MR) is 98.4 cm³/mol. The number of rotatable bonds is 7. The average Bonchev–Trinajstić information content (AvgIpc) is 2.50. The summed E-state index contributed by atoms with van der Waals surface area (Å²) in [5.41, 5.74) is 5.94. The van der Waals surface area contributed by atoms with Crippen molar-refractivity contribution < 1.29 is 19.5 Å². The molecule has 0 radical (unpaired) electrons. The lowest BCUT2D eigenvalue weighted by Crippen LogP contribution is -2.51. The summed E-state index contributed by atoms with van der Waals surface area (Å²) in [5, 5.41) is 11.8. The Kier molecular flexibility index (Phi) is 10.0. The third-order valence-electron chi connectivity index (χ3n) is 4.45. The lowest BCUT2D eigenvalue weighted by atomic mass is 9.93. The van der Waals surface area contributed by atoms with E-state index in [4.69, 9.17) is 10.8 Å². The van der Waals surface area contributed by atoms with Crippen molar-refractivity contribution in [3.05, 3.63) is 0 Å². The first kappa shape index (κ1) is 23.7. The Morgan fingerprint density at radius 3 is 2.08 bits per heavy atom. The highest BCUT2D eigenvalue weighted by Crippen LogP contribution is 2.19. The summed E-state index contributed by atoms with van der Waals surface area (Å²) in [6.45, 7) is 8.55. The number of hydrogen-bond donors (Lipinski definition) is 3. The molecule has 2 amide bonds. The molecule has 25 heavy (non-hydrogen) atoms. The summed E-state index contributed by atoms with van der Waals surface area (Å²) in [6, 6.07) is -1.37. The van der Waals surface area contributed by atoms with Gasteiger partial charge in [-0.1, -0.05) is 27.7 Å². The fraction of sp³-hybridized carbons (Fsp3) is 0.824. The molecule has 0 aromatic rings. The third-order valence-corrected chi connectivity index (χ3v) is 4.45. The number of amides is 2. The molecule has 0 spiro atoms. The summed E-state index contributed by atoms with van der Waals surface area (Å²) in [4.78, 5) is 37.5. The molecule has 146 valence electrons. The van der Waals surface area contributed by atoms with Crippen molar-refractivity contribution in [1.29, 1.82) is 0 Å². The van der Waals surface area contributed by atoms with Crippen molar-refractivity contribution in [3.63, 3.8) is 0 Å². The smallest absolute Gasteiger partial charge is 0.326 e. The molecule has 1 heterocycles. The maximum Gasteiger partial charge on any atom is 0.326 e. The highest BCUT2D eigenvalue weighted by molar-refractivity contribution is 5.86. The van der Waals surface area contributed by atoms with Gasteiger partial charge in [-0.05, 0) is 31.1 Å². The second-order valence-electron chi connectivity index (χ2n) is 7.40. The average molecular weight is 378 g/mol. The van der Waals surface area contributed by atoms with Gasteiger partial charge in [-0.2, -0.15) is 0 Å². The summed E-state index contributed by atoms with van der Waals surface area (Å²) in [5.74, 6) is -1.40. The molecule has 1 rings (SSSR count). The van der Waals surface area contributed by atoms with E-state index in [1.807, 2.05) is 13.8 Å². The number of carboxylic acid groups (broad SMARTS) is 1. The highest BCUT2D eigenvalue weighted by atomic mass is 35.5. The number of aliphatic carboxylic acids is 1. The number of halogens is 1. The van der Waals surface area contributed by atoms with Gasteiger partial charge in [0.25, 0.3) is 0 Å². The van der Waals surface area contributed by atoms with Crippen LogP contribution in [-0.2, 0) is 14.4 Å². The summed E-state index contributed by atoms with van der Waals surface area (Å²) in [7, 11) is 0. The Bertz CT molecular complexity index is 463. The van der Waals surface area contributed by atoms with Crippen molar-refractivity contribution in [2.45, 2.75) is 59.0 Å². The lowest BCUT2D eigenvalue weighted by molar-refractivity contribution is -0.144. The lowest BCUT2D eigenvalue weighted by Gasteiger charge is -2.33. The second-order valence-corrected chi connectivity index (χ2v) is 7.40. The van der Waals surface area contributed by atoms with Gasteiger partial charge < -0.3 is 21.1 Å². The van der Waals surface area contributed by atoms with Crippen LogP contribution in [0.15, 0.2) is 0 Å². The highest BCUT2D eigenvalue weighted by Gasteiger charge is 2.32. The van der Waals surface area contributed by atoms with Crippen LogP contribution in [0.3, 0.4) is 0 Å². The van der Waals surface area contributed by atoms with Crippen molar-refractivity contribution in [2.24, 2.45) is 23.5 Å². The number of nitrogens with one attached hydrogen (secondary N) is 1. The summed E-state index contributed by atoms with van der Waals surface area (Å²) < 4.78 is 0. The first-order valence-corrected chi connectivity index (χ1v) is 8.71. The van der Waals surface area contributed by atoms with Crippen LogP contribution < -0.4 is 11.1 Å². The largest absolute Gasteiger partial charge is 0.480 e. The molecule has 1 aliphatic rings. The van der Waals surface area contributed by atoms with Gasteiger partial charge in [-0.15, -0.1) is 12.4 Å². The van der Waals surface area contributed by atoms with Crippen LogP contribution in [-0.4, -0.2) is 53.0 Å². The number of carbonyl (C=O) groups is 3. The van der Waals surface area contributed by atoms with Gasteiger partial charge in [0.05, 0.1) is 6.04 Å². The van der Waals surface area contributed by atoms with Crippen LogP contribution in [0.2, 0.25) is 0 Å². The van der Waals surface area contributed by atoms with E-state index in [1.165, 1.54) is 0 Å². The molecule has 4 N–H and O–H groups in total. The number of likely N-dealkylation sites (tertiary alicyclic amines) is 1. The van der Waals surface area contributed by atoms with Crippen LogP contribution in [0, 0.1) is 17.8 Å². The molecule has 1 aliphatic heterocycles. The van der Waals surface area contributed by atoms with Gasteiger partial charge in [-0.25, -0.2) is 4.79 Å². The zero-order valence-electron chi connectivity index (χ0n) is 15.5. The van der Waals surface area contributed by atoms with Crippen LogP contribution >= 0.6 is 12.4 Å². The van der Waals surface area contributed by atoms with E-state index in [1.54, 1.807) is 18.7 Å². The minimum Gasteiger partial charge on any atom is -0.480 e. The first-order chi connectivity index (χ1) is 11.1. The molecule has 2 unspecified atom stereocenters. The van der Waals surface area contributed by atoms with Crippen LogP contribution in [0.1, 0.15) is 47.0 Å². The van der Waals surface area contributed by atoms with E-state index < -0.39 is 18.1 Å². The molecule has 0 aromatic carbocycles. The predicted octanol–water partition coefficient (Wildman–Crippen LogP) is 1.25. The Hall–Kier alpha value is -1.34. The Morgan fingerprint density at radius 2 is 1.68 bits per heavy atom. The Morgan fingerprint density at radius 1 is 1.16 bits per heavy atom. The standard InChI is InChI=1S/C17H31N3O4.ClH/c1-10(2)9-13(18)16(22)20-7-5-12(6-8-20)15(21)19-14(11(3)4)17(23)24;/h10-14H,5-9,18H2,1-4H3,(H,19,21)(H,23,24);1H. The molecule has 2 atom stereocenters. The normalized spacial score (nSPS) is 17.8. The molecule has 0 bridgehead atoms. The molecule has 7 nitrogen and oxygen atoms in total. The number of nitrogens with zero attached hydrogens (tertiary/aromatic N) is 1. The zero-order chi connectivity index (χ0) is 18.4. The quantitative estimate of drug-likeness (QED) is 0.618. The monoisotopic (exact) mass is 377 g/mol. The second kappa shape index (κ2) is 10.6. The summed E-state index contributed by atoms with van der Waals surface area (Å²) in [6.07, 6.45) is 1.72. The van der Waals surface area contributed by atoms with Crippen LogP contribution in [0.25, 0.3) is 0 Å². The molecule has 0 saturated carbocycles. The molecule has 8 heteroatoms. The van der Waals surface area contributed by atoms with E-state index >= 15 is 0 Å². The van der Waals surface area contributed by atoms with Crippen molar-refractivity contribution in [2.75, 3.05) is 13.1 Å². The zero-order valence-corrected chi connectivity index (χ0v) is 16.3. The first-order valence-electron chi connectivity index (χ1n) is 8.71. The van der Waals surface area contributed by atoms with Crippen LogP contribution in [0.4, 0.5) is 0 Å². The minimum atomic E-state index is -1.02. The number of hydrogen-bond acceptors (Lipinski definition) is 4. The topological polar surface area (TPSA) is 113 Å². The molecule has 0 aliphatic carbocycles. The van der Waals surface area contributed by atoms with E-state index in [9.17, 15) is 14.4 Å². The fourth-order valence-electron chi connectivity index (χ4n) is 2.99. The molecule has 1 fully saturated rings. The molecule has 0 aromatic heterocycles. The molecular weight excluding hydrogens is 346 g/mol. The fourth-order valence-corrected chi connectivity index (χ4v) is 2.99. The van der Waals surface area contributed by atoms with E-state index in [2.05, 4.69) is 5.32 Å². The maximum atomic E-state index is 12.3. The number of carboxylic acids is 1.